The van der Waals surface area contributed by atoms with Gasteiger partial charge >= 0.3 is 0 Å². The van der Waals surface area contributed by atoms with Crippen molar-refractivity contribution in [3.8, 4) is 0 Å². The van der Waals surface area contributed by atoms with Gasteiger partial charge in [-0.1, -0.05) is 18.9 Å². The summed E-state index contributed by atoms with van der Waals surface area (Å²) < 4.78 is 1.99. The molecule has 0 spiro atoms. The highest BCUT2D eigenvalue weighted by molar-refractivity contribution is 7.10. The maximum absolute atomic E-state index is 10.5. The summed E-state index contributed by atoms with van der Waals surface area (Å²) in [5, 5.41) is 17.0. The van der Waals surface area contributed by atoms with Crippen LogP contribution in [0.15, 0.2) is 29.9 Å². The van der Waals surface area contributed by atoms with Crippen LogP contribution < -0.4 is 0 Å². The third kappa shape index (κ3) is 4.43. The number of thiophene rings is 1. The first-order chi connectivity index (χ1) is 11.3. The van der Waals surface area contributed by atoms with E-state index in [-0.39, 0.29) is 6.10 Å². The Bertz CT molecular complexity index is 581. The molecule has 1 saturated heterocycles. The maximum Gasteiger partial charge on any atom is 0.0896 e. The van der Waals surface area contributed by atoms with Crippen LogP contribution in [0.2, 0.25) is 0 Å². The van der Waals surface area contributed by atoms with Crippen LogP contribution in [0.25, 0.3) is 0 Å². The molecule has 4 nitrogen and oxygen atoms in total. The highest BCUT2D eigenvalue weighted by Crippen LogP contribution is 2.29. The zero-order valence-electron chi connectivity index (χ0n) is 13.9. The van der Waals surface area contributed by atoms with Crippen LogP contribution in [0.1, 0.15) is 55.6 Å². The first kappa shape index (κ1) is 16.7. The van der Waals surface area contributed by atoms with Crippen LogP contribution in [-0.4, -0.2) is 32.4 Å². The minimum absolute atomic E-state index is 0.334. The minimum atomic E-state index is -0.334. The zero-order valence-corrected chi connectivity index (χ0v) is 14.7. The summed E-state index contributed by atoms with van der Waals surface area (Å²) >= 11 is 1.65. The first-order valence-corrected chi connectivity index (χ1v) is 9.61. The monoisotopic (exact) mass is 333 g/mol. The molecule has 0 bridgehead atoms. The number of nitrogens with zero attached hydrogens (tertiary/aromatic N) is 3. The molecule has 1 N–H and O–H groups in total. The van der Waals surface area contributed by atoms with E-state index in [2.05, 4.69) is 23.1 Å². The summed E-state index contributed by atoms with van der Waals surface area (Å²) in [4.78, 5) is 3.65. The molecular weight excluding hydrogens is 306 g/mol. The van der Waals surface area contributed by atoms with Gasteiger partial charge in [0, 0.05) is 35.8 Å². The first-order valence-electron chi connectivity index (χ1n) is 8.73. The molecule has 5 heteroatoms. The number of hydrogen-bond acceptors (Lipinski definition) is 4. The fourth-order valence-corrected chi connectivity index (χ4v) is 4.19. The van der Waals surface area contributed by atoms with E-state index < -0.39 is 0 Å². The van der Waals surface area contributed by atoms with Crippen molar-refractivity contribution in [1.29, 1.82) is 0 Å². The zero-order chi connectivity index (χ0) is 16.1. The molecule has 0 radical (unpaired) electrons. The molecule has 3 rings (SSSR count). The van der Waals surface area contributed by atoms with E-state index in [1.165, 1.54) is 31.2 Å². The molecule has 1 aliphatic rings. The molecule has 2 aromatic heterocycles. The molecule has 1 fully saturated rings. The van der Waals surface area contributed by atoms with Gasteiger partial charge in [-0.3, -0.25) is 9.58 Å². The van der Waals surface area contributed by atoms with E-state index in [0.29, 0.717) is 6.04 Å². The number of aliphatic hydroxyl groups is 1. The summed E-state index contributed by atoms with van der Waals surface area (Å²) in [6, 6.07) is 4.52. The van der Waals surface area contributed by atoms with Gasteiger partial charge in [0.15, 0.2) is 0 Å². The van der Waals surface area contributed by atoms with Gasteiger partial charge in [0.05, 0.1) is 12.3 Å². The van der Waals surface area contributed by atoms with E-state index in [1.807, 2.05) is 28.4 Å². The summed E-state index contributed by atoms with van der Waals surface area (Å²) in [5.74, 6) is 0. The molecule has 1 aliphatic heterocycles. The number of likely N-dealkylation sites (tertiary alicyclic amines) is 1. The van der Waals surface area contributed by atoms with Gasteiger partial charge in [0.2, 0.25) is 0 Å². The van der Waals surface area contributed by atoms with Crippen molar-refractivity contribution in [2.24, 2.45) is 0 Å². The van der Waals surface area contributed by atoms with Crippen LogP contribution in [0.4, 0.5) is 0 Å². The Balaban J connectivity index is 1.66. The lowest BCUT2D eigenvalue weighted by Crippen LogP contribution is -2.35. The van der Waals surface area contributed by atoms with E-state index in [9.17, 15) is 5.11 Å². The van der Waals surface area contributed by atoms with Crippen molar-refractivity contribution in [3.05, 3.63) is 40.3 Å². The van der Waals surface area contributed by atoms with E-state index in [0.717, 1.165) is 30.9 Å². The van der Waals surface area contributed by atoms with Gasteiger partial charge in [-0.2, -0.15) is 5.10 Å². The molecule has 2 atom stereocenters. The summed E-state index contributed by atoms with van der Waals surface area (Å²) in [5.41, 5.74) is 1.28. The molecule has 0 aromatic carbocycles. The average molecular weight is 334 g/mol. The normalized spacial score (nSPS) is 21.2. The SMILES string of the molecule is CCn1cc(CN2CCCCCC2CC(O)c2cccs2)cn1. The molecular formula is C18H27N3OS. The Morgan fingerprint density at radius 1 is 1.39 bits per heavy atom. The van der Waals surface area contributed by atoms with Gasteiger partial charge in [0.1, 0.15) is 0 Å². The Morgan fingerprint density at radius 3 is 3.04 bits per heavy atom. The van der Waals surface area contributed by atoms with Gasteiger partial charge in [-0.15, -0.1) is 11.3 Å². The van der Waals surface area contributed by atoms with Crippen molar-refractivity contribution in [2.75, 3.05) is 6.54 Å². The van der Waals surface area contributed by atoms with E-state index in [1.54, 1.807) is 11.3 Å². The predicted molar refractivity (Wildman–Crippen MR) is 94.5 cm³/mol. The smallest absolute Gasteiger partial charge is 0.0896 e. The molecule has 23 heavy (non-hydrogen) atoms. The molecule has 126 valence electrons. The molecule has 2 unspecified atom stereocenters. The standard InChI is InChI=1S/C18H27N3OS/c1-2-21-14-15(12-19-21)13-20-9-5-3-4-7-16(20)11-17(22)18-8-6-10-23-18/h6,8,10,12,14,16-17,22H,2-5,7,9,11,13H2,1H3. The molecule has 0 amide bonds. The second-order valence-electron chi connectivity index (χ2n) is 6.44. The number of hydrogen-bond donors (Lipinski definition) is 1. The lowest BCUT2D eigenvalue weighted by molar-refractivity contribution is 0.0996. The van der Waals surface area contributed by atoms with Gasteiger partial charge < -0.3 is 5.11 Å². The summed E-state index contributed by atoms with van der Waals surface area (Å²) in [6.07, 6.45) is 9.65. The third-order valence-corrected chi connectivity index (χ3v) is 5.74. The third-order valence-electron chi connectivity index (χ3n) is 4.76. The molecule has 0 aliphatic carbocycles. The average Bonchev–Trinajstić information content (AvgIpc) is 3.19. The van der Waals surface area contributed by atoms with Crippen molar-refractivity contribution in [2.45, 2.75) is 64.3 Å². The largest absolute Gasteiger partial charge is 0.388 e. The van der Waals surface area contributed by atoms with Crippen LogP contribution in [0.5, 0.6) is 0 Å². The van der Waals surface area contributed by atoms with Gasteiger partial charge in [0.25, 0.3) is 0 Å². The number of rotatable bonds is 6. The van der Waals surface area contributed by atoms with Crippen LogP contribution in [0, 0.1) is 0 Å². The summed E-state index contributed by atoms with van der Waals surface area (Å²) in [7, 11) is 0. The van der Waals surface area contributed by atoms with Crippen LogP contribution in [-0.2, 0) is 13.1 Å². The topological polar surface area (TPSA) is 41.3 Å². The predicted octanol–water partition coefficient (Wildman–Crippen LogP) is 3.83. The minimum Gasteiger partial charge on any atom is -0.388 e. The Labute approximate surface area is 142 Å². The fraction of sp³-hybridized carbons (Fsp3) is 0.611. The highest BCUT2D eigenvalue weighted by atomic mass is 32.1. The molecule has 0 saturated carbocycles. The van der Waals surface area contributed by atoms with Crippen molar-refractivity contribution >= 4 is 11.3 Å². The maximum atomic E-state index is 10.5. The number of aromatic nitrogens is 2. The summed E-state index contributed by atoms with van der Waals surface area (Å²) in [6.45, 7) is 5.10. The quantitative estimate of drug-likeness (QED) is 0.873. The van der Waals surface area contributed by atoms with Gasteiger partial charge in [-0.25, -0.2) is 0 Å². The van der Waals surface area contributed by atoms with E-state index in [4.69, 9.17) is 0 Å². The van der Waals surface area contributed by atoms with Crippen LogP contribution >= 0.6 is 11.3 Å². The highest BCUT2D eigenvalue weighted by Gasteiger charge is 2.25. The molecule has 2 aromatic rings. The Kier molecular flexibility index (Phi) is 5.86. The number of aliphatic hydroxyl groups excluding tert-OH is 1. The Hall–Kier alpha value is -1.17. The van der Waals surface area contributed by atoms with Crippen molar-refractivity contribution in [3.63, 3.8) is 0 Å². The lowest BCUT2D eigenvalue weighted by atomic mass is 10.0. The number of aryl methyl sites for hydroxylation is 1. The molecule has 3 heterocycles. The lowest BCUT2D eigenvalue weighted by Gasteiger charge is -2.31. The van der Waals surface area contributed by atoms with Crippen molar-refractivity contribution in [1.82, 2.24) is 14.7 Å². The fourth-order valence-electron chi connectivity index (χ4n) is 3.46. The second-order valence-corrected chi connectivity index (χ2v) is 7.42. The Morgan fingerprint density at radius 2 is 2.30 bits per heavy atom. The van der Waals surface area contributed by atoms with Crippen LogP contribution in [0.3, 0.4) is 0 Å². The second kappa shape index (κ2) is 8.08. The van der Waals surface area contributed by atoms with Crippen molar-refractivity contribution < 1.29 is 5.11 Å². The van der Waals surface area contributed by atoms with Gasteiger partial charge in [-0.05, 0) is 44.2 Å². The van der Waals surface area contributed by atoms with E-state index >= 15 is 0 Å².